The Hall–Kier alpha value is -1.36. The summed E-state index contributed by atoms with van der Waals surface area (Å²) in [6.07, 6.45) is 42.7. The molecule has 0 fully saturated rings. The monoisotopic (exact) mass is 651 g/mol. The Morgan fingerprint density at radius 3 is 1.17 bits per heavy atom. The van der Waals surface area contributed by atoms with Crippen LogP contribution >= 0.6 is 0 Å². The summed E-state index contributed by atoms with van der Waals surface area (Å²) in [4.78, 5) is 24.2. The predicted molar refractivity (Wildman–Crippen MR) is 196 cm³/mol. The lowest BCUT2D eigenvalue weighted by atomic mass is 10.0. The van der Waals surface area contributed by atoms with Crippen LogP contribution in [0.3, 0.4) is 0 Å². The molecule has 0 saturated carbocycles. The highest BCUT2D eigenvalue weighted by Crippen LogP contribution is 2.15. The standard InChI is InChI=1S/C41H78O5/c1-3-5-7-9-11-13-15-17-19-20-22-23-25-27-29-31-33-35-40(43)45-38-39(37-42)46-41(44)36-34-32-30-28-26-24-21-18-16-14-12-10-8-6-4-2/h18,21,39,42H,3-17,19-20,22-38H2,1-2H3/b21-18-. The summed E-state index contributed by atoms with van der Waals surface area (Å²) >= 11 is 0. The number of aliphatic hydroxyl groups excluding tert-OH is 1. The van der Waals surface area contributed by atoms with Crippen molar-refractivity contribution in [2.45, 2.75) is 225 Å². The number of unbranched alkanes of at least 4 members (excludes halogenated alkanes) is 27. The summed E-state index contributed by atoms with van der Waals surface area (Å²) in [5.74, 6) is -0.589. The van der Waals surface area contributed by atoms with Gasteiger partial charge in [-0.15, -0.1) is 0 Å². The van der Waals surface area contributed by atoms with Crippen LogP contribution in [-0.2, 0) is 19.1 Å². The number of carbonyl (C=O) groups excluding carboxylic acids is 2. The number of aliphatic hydroxyl groups is 1. The molecular formula is C41H78O5. The largest absolute Gasteiger partial charge is 0.462 e. The lowest BCUT2D eigenvalue weighted by Gasteiger charge is -2.15. The van der Waals surface area contributed by atoms with E-state index in [1.165, 1.54) is 154 Å². The zero-order valence-corrected chi connectivity index (χ0v) is 30.9. The summed E-state index contributed by atoms with van der Waals surface area (Å²) in [5.41, 5.74) is 0. The maximum atomic E-state index is 12.2. The molecule has 0 aliphatic carbocycles. The Bertz CT molecular complexity index is 661. The van der Waals surface area contributed by atoms with Crippen LogP contribution in [0.2, 0.25) is 0 Å². The minimum Gasteiger partial charge on any atom is -0.462 e. The van der Waals surface area contributed by atoms with E-state index >= 15 is 0 Å². The molecule has 1 unspecified atom stereocenters. The van der Waals surface area contributed by atoms with Crippen LogP contribution in [0, 0.1) is 0 Å². The van der Waals surface area contributed by atoms with Crippen LogP contribution in [0.5, 0.6) is 0 Å². The molecule has 46 heavy (non-hydrogen) atoms. The highest BCUT2D eigenvalue weighted by molar-refractivity contribution is 5.70. The zero-order valence-electron chi connectivity index (χ0n) is 30.9. The number of rotatable bonds is 37. The molecule has 0 spiro atoms. The van der Waals surface area contributed by atoms with E-state index in [4.69, 9.17) is 9.47 Å². The van der Waals surface area contributed by atoms with E-state index in [-0.39, 0.29) is 25.2 Å². The molecule has 0 amide bonds. The Labute approximate surface area is 286 Å². The van der Waals surface area contributed by atoms with Crippen molar-refractivity contribution in [3.63, 3.8) is 0 Å². The lowest BCUT2D eigenvalue weighted by molar-refractivity contribution is -0.161. The predicted octanol–water partition coefficient (Wildman–Crippen LogP) is 12.5. The quantitative estimate of drug-likeness (QED) is 0.0411. The molecule has 0 heterocycles. The molecule has 1 N–H and O–H groups in total. The first-order chi connectivity index (χ1) is 22.6. The van der Waals surface area contributed by atoms with Gasteiger partial charge in [-0.1, -0.05) is 180 Å². The highest BCUT2D eigenvalue weighted by Gasteiger charge is 2.16. The number of ether oxygens (including phenoxy) is 2. The highest BCUT2D eigenvalue weighted by atomic mass is 16.6. The Morgan fingerprint density at radius 1 is 0.478 bits per heavy atom. The Morgan fingerprint density at radius 2 is 0.804 bits per heavy atom. The summed E-state index contributed by atoms with van der Waals surface area (Å²) in [6, 6.07) is 0. The molecule has 5 nitrogen and oxygen atoms in total. The van der Waals surface area contributed by atoms with Gasteiger partial charge in [0.05, 0.1) is 6.61 Å². The van der Waals surface area contributed by atoms with E-state index in [1.807, 2.05) is 0 Å². The smallest absolute Gasteiger partial charge is 0.306 e. The molecule has 1 atom stereocenters. The van der Waals surface area contributed by atoms with Crippen molar-refractivity contribution in [2.75, 3.05) is 13.2 Å². The molecule has 0 aliphatic heterocycles. The van der Waals surface area contributed by atoms with Crippen LogP contribution in [-0.4, -0.2) is 36.4 Å². The van der Waals surface area contributed by atoms with Gasteiger partial charge in [0.2, 0.25) is 0 Å². The van der Waals surface area contributed by atoms with Crippen LogP contribution in [0.25, 0.3) is 0 Å². The first-order valence-electron chi connectivity index (χ1n) is 20.2. The van der Waals surface area contributed by atoms with Crippen molar-refractivity contribution in [1.82, 2.24) is 0 Å². The van der Waals surface area contributed by atoms with E-state index in [1.54, 1.807) is 0 Å². The van der Waals surface area contributed by atoms with E-state index in [0.717, 1.165) is 38.5 Å². The van der Waals surface area contributed by atoms with Crippen molar-refractivity contribution in [1.29, 1.82) is 0 Å². The van der Waals surface area contributed by atoms with Gasteiger partial charge in [-0.25, -0.2) is 0 Å². The van der Waals surface area contributed by atoms with E-state index < -0.39 is 6.10 Å². The Balaban J connectivity index is 3.51. The second-order valence-corrected chi connectivity index (χ2v) is 13.7. The minimum atomic E-state index is -0.768. The number of esters is 2. The molecule has 5 heteroatoms. The van der Waals surface area contributed by atoms with Crippen LogP contribution < -0.4 is 0 Å². The molecule has 0 rings (SSSR count). The van der Waals surface area contributed by atoms with Crippen LogP contribution in [0.15, 0.2) is 12.2 Å². The van der Waals surface area contributed by atoms with Crippen LogP contribution in [0.1, 0.15) is 219 Å². The molecule has 0 saturated heterocycles. The Kier molecular flexibility index (Phi) is 37.0. The lowest BCUT2D eigenvalue weighted by Crippen LogP contribution is -2.28. The number of carbonyl (C=O) groups is 2. The van der Waals surface area contributed by atoms with Crippen LogP contribution in [0.4, 0.5) is 0 Å². The van der Waals surface area contributed by atoms with Crippen molar-refractivity contribution < 1.29 is 24.2 Å². The molecular weight excluding hydrogens is 572 g/mol. The number of hydrogen-bond acceptors (Lipinski definition) is 5. The summed E-state index contributed by atoms with van der Waals surface area (Å²) in [5, 5.41) is 9.55. The molecule has 0 aromatic heterocycles. The van der Waals surface area contributed by atoms with Gasteiger partial charge < -0.3 is 14.6 Å². The maximum Gasteiger partial charge on any atom is 0.306 e. The average molecular weight is 651 g/mol. The molecule has 0 aromatic carbocycles. The number of hydrogen-bond donors (Lipinski definition) is 1. The molecule has 0 bridgehead atoms. The van der Waals surface area contributed by atoms with Gasteiger partial charge in [0, 0.05) is 12.8 Å². The van der Waals surface area contributed by atoms with Gasteiger partial charge in [-0.2, -0.15) is 0 Å². The fourth-order valence-electron chi connectivity index (χ4n) is 5.96. The van der Waals surface area contributed by atoms with Crippen molar-refractivity contribution in [2.24, 2.45) is 0 Å². The van der Waals surface area contributed by atoms with Gasteiger partial charge in [0.25, 0.3) is 0 Å². The second-order valence-electron chi connectivity index (χ2n) is 13.7. The van der Waals surface area contributed by atoms with E-state index in [2.05, 4.69) is 26.0 Å². The fourth-order valence-corrected chi connectivity index (χ4v) is 5.96. The third-order valence-corrected chi connectivity index (χ3v) is 9.06. The normalized spacial score (nSPS) is 12.2. The third kappa shape index (κ3) is 35.5. The van der Waals surface area contributed by atoms with Crippen molar-refractivity contribution >= 4 is 11.9 Å². The molecule has 272 valence electrons. The first kappa shape index (κ1) is 44.6. The average Bonchev–Trinajstić information content (AvgIpc) is 3.06. The zero-order chi connectivity index (χ0) is 33.6. The first-order valence-corrected chi connectivity index (χ1v) is 20.2. The van der Waals surface area contributed by atoms with E-state index in [0.29, 0.717) is 12.8 Å². The van der Waals surface area contributed by atoms with Crippen molar-refractivity contribution in [3.05, 3.63) is 12.2 Å². The van der Waals surface area contributed by atoms with Crippen molar-refractivity contribution in [3.8, 4) is 0 Å². The molecule has 0 aromatic rings. The maximum absolute atomic E-state index is 12.2. The minimum absolute atomic E-state index is 0.0631. The van der Waals surface area contributed by atoms with Gasteiger partial charge in [0.1, 0.15) is 6.61 Å². The fraction of sp³-hybridized carbons (Fsp3) is 0.902. The second kappa shape index (κ2) is 38.1. The number of allylic oxidation sites excluding steroid dienone is 2. The van der Waals surface area contributed by atoms with Gasteiger partial charge in [-0.05, 0) is 38.5 Å². The molecule has 0 radical (unpaired) electrons. The van der Waals surface area contributed by atoms with Gasteiger partial charge >= 0.3 is 11.9 Å². The molecule has 0 aliphatic rings. The summed E-state index contributed by atoms with van der Waals surface area (Å²) < 4.78 is 10.6. The van der Waals surface area contributed by atoms with Gasteiger partial charge in [-0.3, -0.25) is 9.59 Å². The van der Waals surface area contributed by atoms with E-state index in [9.17, 15) is 14.7 Å². The SMILES string of the molecule is CCCCCCCC/C=C\CCCCCCCC(=O)OC(CO)COC(=O)CCCCCCCCCCCCCCCCCCC. The third-order valence-electron chi connectivity index (χ3n) is 9.06. The summed E-state index contributed by atoms with van der Waals surface area (Å²) in [6.45, 7) is 4.14. The van der Waals surface area contributed by atoms with Gasteiger partial charge in [0.15, 0.2) is 6.10 Å². The topological polar surface area (TPSA) is 72.8 Å². The summed E-state index contributed by atoms with van der Waals surface area (Å²) in [7, 11) is 0.